The number of piperazine rings is 1. The second-order valence-electron chi connectivity index (χ2n) is 6.01. The average molecular weight is 355 g/mol. The summed E-state index contributed by atoms with van der Waals surface area (Å²) in [6, 6.07) is 16.7. The molecule has 2 N–H and O–H groups in total. The summed E-state index contributed by atoms with van der Waals surface area (Å²) in [7, 11) is 0. The van der Waals surface area contributed by atoms with Crippen molar-refractivity contribution < 1.29 is 4.79 Å². The van der Waals surface area contributed by atoms with Crippen LogP contribution in [0.15, 0.2) is 48.5 Å². The second-order valence-corrected chi connectivity index (χ2v) is 6.45. The number of halogens is 1. The third-order valence-electron chi connectivity index (χ3n) is 4.48. The van der Waals surface area contributed by atoms with E-state index in [2.05, 4.69) is 15.9 Å². The Balaban J connectivity index is 1.75. The summed E-state index contributed by atoms with van der Waals surface area (Å²) in [5.74, 6) is -0.344. The van der Waals surface area contributed by atoms with Gasteiger partial charge in [-0.15, -0.1) is 0 Å². The lowest BCUT2D eigenvalue weighted by Gasteiger charge is -2.39. The molecule has 2 aromatic rings. The van der Waals surface area contributed by atoms with Crippen molar-refractivity contribution in [1.29, 1.82) is 5.26 Å². The summed E-state index contributed by atoms with van der Waals surface area (Å²) in [5, 5.41) is 9.88. The zero-order valence-electron chi connectivity index (χ0n) is 13.7. The Bertz CT molecular complexity index is 795. The van der Waals surface area contributed by atoms with Crippen molar-refractivity contribution in [1.82, 2.24) is 4.90 Å². The number of amides is 1. The second kappa shape index (κ2) is 7.56. The van der Waals surface area contributed by atoms with Gasteiger partial charge in [-0.3, -0.25) is 9.69 Å². The number of nitrogens with two attached hydrogens (primary N) is 1. The molecule has 6 heteroatoms. The number of primary amides is 1. The highest BCUT2D eigenvalue weighted by molar-refractivity contribution is 6.30. The average Bonchev–Trinajstić information content (AvgIpc) is 2.63. The molecule has 0 aliphatic carbocycles. The molecule has 1 fully saturated rings. The molecular weight excluding hydrogens is 336 g/mol. The zero-order valence-corrected chi connectivity index (χ0v) is 14.5. The normalized spacial score (nSPS) is 16.2. The Morgan fingerprint density at radius 2 is 1.80 bits per heavy atom. The van der Waals surface area contributed by atoms with Crippen LogP contribution in [0.2, 0.25) is 5.02 Å². The molecule has 128 valence electrons. The monoisotopic (exact) mass is 354 g/mol. The molecule has 1 aliphatic heterocycles. The Morgan fingerprint density at radius 3 is 2.40 bits per heavy atom. The number of hydrogen-bond donors (Lipinski definition) is 1. The fourth-order valence-electron chi connectivity index (χ4n) is 3.28. The van der Waals surface area contributed by atoms with Gasteiger partial charge in [0.15, 0.2) is 0 Å². The Hall–Kier alpha value is -2.55. The molecule has 0 radical (unpaired) electrons. The maximum Gasteiger partial charge on any atom is 0.239 e. The van der Waals surface area contributed by atoms with E-state index in [0.717, 1.165) is 11.3 Å². The van der Waals surface area contributed by atoms with Crippen molar-refractivity contribution in [2.45, 2.75) is 6.04 Å². The quantitative estimate of drug-likeness (QED) is 0.915. The van der Waals surface area contributed by atoms with Gasteiger partial charge in [0.1, 0.15) is 12.1 Å². The first kappa shape index (κ1) is 17.3. The zero-order chi connectivity index (χ0) is 17.8. The summed E-state index contributed by atoms with van der Waals surface area (Å²) < 4.78 is 0. The number of nitriles is 1. The van der Waals surface area contributed by atoms with Crippen molar-refractivity contribution in [2.75, 3.05) is 31.1 Å². The Kier molecular flexibility index (Phi) is 5.22. The first-order valence-corrected chi connectivity index (χ1v) is 8.51. The predicted octanol–water partition coefficient (Wildman–Crippen LogP) is 2.56. The molecule has 1 aliphatic rings. The topological polar surface area (TPSA) is 73.4 Å². The minimum atomic E-state index is -0.427. The molecule has 3 rings (SSSR count). The summed E-state index contributed by atoms with van der Waals surface area (Å²) >= 11 is 5.97. The van der Waals surface area contributed by atoms with E-state index in [0.29, 0.717) is 36.8 Å². The third-order valence-corrected chi connectivity index (χ3v) is 4.72. The predicted molar refractivity (Wildman–Crippen MR) is 98.3 cm³/mol. The van der Waals surface area contributed by atoms with Gasteiger partial charge in [0, 0.05) is 31.2 Å². The number of anilines is 1. The van der Waals surface area contributed by atoms with Crippen molar-refractivity contribution >= 4 is 23.2 Å². The highest BCUT2D eigenvalue weighted by Crippen LogP contribution is 2.27. The van der Waals surface area contributed by atoms with Crippen LogP contribution in [0.4, 0.5) is 5.69 Å². The molecule has 5 nitrogen and oxygen atoms in total. The largest absolute Gasteiger partial charge is 0.368 e. The summed E-state index contributed by atoms with van der Waals surface area (Å²) in [6.45, 7) is 2.81. The lowest BCUT2D eigenvalue weighted by Crippen LogP contribution is -2.50. The van der Waals surface area contributed by atoms with Gasteiger partial charge < -0.3 is 10.6 Å². The molecule has 1 unspecified atom stereocenters. The van der Waals surface area contributed by atoms with Crippen LogP contribution in [0.5, 0.6) is 0 Å². The minimum absolute atomic E-state index is 0.344. The minimum Gasteiger partial charge on any atom is -0.368 e. The van der Waals surface area contributed by atoms with E-state index >= 15 is 0 Å². The standard InChI is InChI=1S/C19H19ClN4O/c20-16-6-7-17(15(12-16)13-21)23-8-10-24(11-9-23)18(19(22)25)14-4-2-1-3-5-14/h1-7,12,18H,8-11H2,(H2,22,25). The molecule has 1 amide bonds. The van der Waals surface area contributed by atoms with Gasteiger partial charge in [-0.25, -0.2) is 0 Å². The number of hydrogen-bond acceptors (Lipinski definition) is 4. The number of nitrogens with zero attached hydrogens (tertiary/aromatic N) is 3. The van der Waals surface area contributed by atoms with E-state index < -0.39 is 6.04 Å². The highest BCUT2D eigenvalue weighted by atomic mass is 35.5. The van der Waals surface area contributed by atoms with Crippen LogP contribution in [0.1, 0.15) is 17.2 Å². The van der Waals surface area contributed by atoms with E-state index in [-0.39, 0.29) is 5.91 Å². The third kappa shape index (κ3) is 3.76. The van der Waals surface area contributed by atoms with Crippen LogP contribution < -0.4 is 10.6 Å². The van der Waals surface area contributed by atoms with Crippen LogP contribution in [0.25, 0.3) is 0 Å². The Labute approximate surface area is 152 Å². The summed E-state index contributed by atoms with van der Waals surface area (Å²) in [5.41, 5.74) is 8.01. The van der Waals surface area contributed by atoms with Crippen LogP contribution in [-0.2, 0) is 4.79 Å². The summed E-state index contributed by atoms with van der Waals surface area (Å²) in [6.07, 6.45) is 0. The van der Waals surface area contributed by atoms with Crippen LogP contribution in [-0.4, -0.2) is 37.0 Å². The van der Waals surface area contributed by atoms with Crippen LogP contribution in [0, 0.1) is 11.3 Å². The molecular formula is C19H19ClN4O. The SMILES string of the molecule is N#Cc1cc(Cl)ccc1N1CCN(C(C(N)=O)c2ccccc2)CC1. The van der Waals surface area contributed by atoms with Gasteiger partial charge in [-0.1, -0.05) is 41.9 Å². The molecule has 0 bridgehead atoms. The molecule has 0 spiro atoms. The van der Waals surface area contributed by atoms with Gasteiger partial charge in [0.05, 0.1) is 11.3 Å². The molecule has 0 saturated carbocycles. The lowest BCUT2D eigenvalue weighted by molar-refractivity contribution is -0.123. The number of rotatable bonds is 4. The van der Waals surface area contributed by atoms with Gasteiger partial charge in [0.2, 0.25) is 5.91 Å². The van der Waals surface area contributed by atoms with E-state index in [4.69, 9.17) is 17.3 Å². The van der Waals surface area contributed by atoms with E-state index in [1.54, 1.807) is 12.1 Å². The molecule has 25 heavy (non-hydrogen) atoms. The highest BCUT2D eigenvalue weighted by Gasteiger charge is 2.29. The fraction of sp³-hybridized carbons (Fsp3) is 0.263. The lowest BCUT2D eigenvalue weighted by atomic mass is 10.0. The van der Waals surface area contributed by atoms with Gasteiger partial charge in [-0.05, 0) is 23.8 Å². The maximum absolute atomic E-state index is 12.0. The van der Waals surface area contributed by atoms with Crippen molar-refractivity contribution in [2.24, 2.45) is 5.73 Å². The van der Waals surface area contributed by atoms with Crippen LogP contribution >= 0.6 is 11.6 Å². The number of carbonyl (C=O) groups excluding carboxylic acids is 1. The molecule has 1 heterocycles. The molecule has 0 aromatic heterocycles. The summed E-state index contributed by atoms with van der Waals surface area (Å²) in [4.78, 5) is 16.2. The van der Waals surface area contributed by atoms with Gasteiger partial charge >= 0.3 is 0 Å². The van der Waals surface area contributed by atoms with E-state index in [1.165, 1.54) is 0 Å². The molecule has 1 atom stereocenters. The van der Waals surface area contributed by atoms with Crippen molar-refractivity contribution in [3.8, 4) is 6.07 Å². The first-order valence-electron chi connectivity index (χ1n) is 8.13. The fourth-order valence-corrected chi connectivity index (χ4v) is 3.46. The number of benzene rings is 2. The van der Waals surface area contributed by atoms with Crippen molar-refractivity contribution in [3.63, 3.8) is 0 Å². The van der Waals surface area contributed by atoms with Crippen molar-refractivity contribution in [3.05, 3.63) is 64.7 Å². The van der Waals surface area contributed by atoms with E-state index in [1.807, 2.05) is 36.4 Å². The first-order chi connectivity index (χ1) is 12.1. The number of carbonyl (C=O) groups is 1. The Morgan fingerprint density at radius 1 is 1.12 bits per heavy atom. The maximum atomic E-state index is 12.0. The molecule has 2 aromatic carbocycles. The van der Waals surface area contributed by atoms with Crippen LogP contribution in [0.3, 0.4) is 0 Å². The smallest absolute Gasteiger partial charge is 0.239 e. The van der Waals surface area contributed by atoms with Gasteiger partial charge in [-0.2, -0.15) is 5.26 Å². The van der Waals surface area contributed by atoms with E-state index in [9.17, 15) is 10.1 Å². The molecule has 1 saturated heterocycles. The van der Waals surface area contributed by atoms with Gasteiger partial charge in [0.25, 0.3) is 0 Å².